The highest BCUT2D eigenvalue weighted by Crippen LogP contribution is 2.22. The highest BCUT2D eigenvalue weighted by Gasteiger charge is 2.02. The maximum atomic E-state index is 5.73. The molecule has 0 radical (unpaired) electrons. The molecule has 0 aliphatic carbocycles. The van der Waals surface area contributed by atoms with Crippen LogP contribution in [0.1, 0.15) is 5.56 Å². The van der Waals surface area contributed by atoms with Crippen LogP contribution in [0.2, 0.25) is 0 Å². The first kappa shape index (κ1) is 12.7. The van der Waals surface area contributed by atoms with Crippen molar-refractivity contribution >= 4 is 16.8 Å². The van der Waals surface area contributed by atoms with Gasteiger partial charge in [-0.15, -0.1) is 11.8 Å². The number of benzene rings is 2. The maximum Gasteiger partial charge on any atom is 0.127 e. The van der Waals surface area contributed by atoms with E-state index in [1.165, 1.54) is 0 Å². The van der Waals surface area contributed by atoms with Gasteiger partial charge in [0.25, 0.3) is 0 Å². The number of aliphatic imine (C=N–C) groups is 1. The van der Waals surface area contributed by atoms with E-state index in [9.17, 15) is 0 Å². The lowest BCUT2D eigenvalue weighted by Gasteiger charge is -2.07. The van der Waals surface area contributed by atoms with Gasteiger partial charge < -0.3 is 4.74 Å². The Morgan fingerprint density at radius 1 is 0.944 bits per heavy atom. The number of rotatable bonds is 3. The van der Waals surface area contributed by atoms with Crippen molar-refractivity contribution in [3.63, 3.8) is 0 Å². The molecule has 92 valence electrons. The summed E-state index contributed by atoms with van der Waals surface area (Å²) in [6.07, 6.45) is 2.02. The molecule has 0 saturated heterocycles. The number of nitrogens with zero attached hydrogens (tertiary/aromatic N) is 1. The van der Waals surface area contributed by atoms with Gasteiger partial charge in [0, 0.05) is 12.6 Å². The molecule has 0 unspecified atom stereocenters. The first-order chi connectivity index (χ1) is 8.83. The van der Waals surface area contributed by atoms with Crippen molar-refractivity contribution in [2.75, 3.05) is 13.3 Å². The van der Waals surface area contributed by atoms with Crippen LogP contribution in [0.3, 0.4) is 0 Å². The molecular formula is C15H15NOS. The average molecular weight is 257 g/mol. The highest BCUT2D eigenvalue weighted by molar-refractivity contribution is 8.13. The van der Waals surface area contributed by atoms with Gasteiger partial charge in [-0.2, -0.15) is 0 Å². The predicted molar refractivity (Wildman–Crippen MR) is 78.9 cm³/mol. The van der Waals surface area contributed by atoms with Crippen molar-refractivity contribution in [1.82, 2.24) is 0 Å². The minimum absolute atomic E-state index is 0.835. The molecule has 0 heterocycles. The quantitative estimate of drug-likeness (QED) is 0.606. The van der Waals surface area contributed by atoms with E-state index in [-0.39, 0.29) is 0 Å². The molecule has 0 saturated carbocycles. The van der Waals surface area contributed by atoms with E-state index in [2.05, 4.69) is 4.99 Å². The van der Waals surface area contributed by atoms with Crippen molar-refractivity contribution in [2.45, 2.75) is 0 Å². The van der Waals surface area contributed by atoms with Crippen molar-refractivity contribution in [2.24, 2.45) is 4.99 Å². The molecule has 2 aromatic rings. The van der Waals surface area contributed by atoms with E-state index in [4.69, 9.17) is 4.74 Å². The summed E-state index contributed by atoms with van der Waals surface area (Å²) in [4.78, 5) is 4.23. The van der Waals surface area contributed by atoms with Gasteiger partial charge in [-0.25, -0.2) is 0 Å². The second-order valence-electron chi connectivity index (χ2n) is 3.67. The molecule has 0 bridgehead atoms. The Balaban J connectivity index is 2.13. The first-order valence-electron chi connectivity index (χ1n) is 5.67. The summed E-state index contributed by atoms with van der Waals surface area (Å²) in [6.45, 7) is 0. The zero-order valence-corrected chi connectivity index (χ0v) is 11.3. The molecule has 0 aromatic heterocycles. The Hall–Kier alpha value is -1.74. The zero-order chi connectivity index (χ0) is 12.8. The number of thioether (sulfide) groups is 1. The molecule has 2 aromatic carbocycles. The molecule has 2 nitrogen and oxygen atoms in total. The fraction of sp³-hybridized carbons (Fsp3) is 0.133. The first-order valence-corrected chi connectivity index (χ1v) is 6.90. The van der Waals surface area contributed by atoms with Crippen LogP contribution in [-0.4, -0.2) is 18.3 Å². The summed E-state index contributed by atoms with van der Waals surface area (Å²) in [7, 11) is 1.81. The molecule has 3 heteroatoms. The van der Waals surface area contributed by atoms with Crippen molar-refractivity contribution in [1.29, 1.82) is 0 Å². The summed E-state index contributed by atoms with van der Waals surface area (Å²) in [5.41, 5.74) is 1.12. The van der Waals surface area contributed by atoms with Crippen LogP contribution >= 0.6 is 11.8 Å². The van der Waals surface area contributed by atoms with Crippen LogP contribution in [0.15, 0.2) is 59.6 Å². The van der Waals surface area contributed by atoms with Crippen LogP contribution < -0.4 is 4.74 Å². The van der Waals surface area contributed by atoms with Gasteiger partial charge >= 0.3 is 0 Å². The SMILES string of the molecule is CN=C(SC)c1ccc(Oc2ccccc2)cc1. The Kier molecular flexibility index (Phi) is 4.42. The molecule has 0 N–H and O–H groups in total. The molecule has 0 amide bonds. The monoisotopic (exact) mass is 257 g/mol. The summed E-state index contributed by atoms with van der Waals surface area (Å²) in [6, 6.07) is 17.7. The summed E-state index contributed by atoms with van der Waals surface area (Å²) >= 11 is 1.64. The zero-order valence-electron chi connectivity index (χ0n) is 10.5. The Morgan fingerprint density at radius 3 is 2.11 bits per heavy atom. The minimum atomic E-state index is 0.835. The van der Waals surface area contributed by atoms with Gasteiger partial charge in [0.2, 0.25) is 0 Å². The summed E-state index contributed by atoms with van der Waals surface area (Å²) in [5, 5.41) is 1.03. The molecule has 18 heavy (non-hydrogen) atoms. The minimum Gasteiger partial charge on any atom is -0.457 e. The number of hydrogen-bond donors (Lipinski definition) is 0. The van der Waals surface area contributed by atoms with E-state index in [1.807, 2.05) is 60.9 Å². The summed E-state index contributed by atoms with van der Waals surface area (Å²) < 4.78 is 5.73. The Morgan fingerprint density at radius 2 is 1.56 bits per heavy atom. The molecular weight excluding hydrogens is 242 g/mol. The molecule has 0 aliphatic heterocycles. The molecule has 0 spiro atoms. The lowest BCUT2D eigenvalue weighted by Crippen LogP contribution is -1.94. The van der Waals surface area contributed by atoms with Crippen molar-refractivity contribution in [3.8, 4) is 11.5 Å². The average Bonchev–Trinajstić information content (AvgIpc) is 2.43. The summed E-state index contributed by atoms with van der Waals surface area (Å²) in [5.74, 6) is 1.68. The highest BCUT2D eigenvalue weighted by atomic mass is 32.2. The smallest absolute Gasteiger partial charge is 0.127 e. The van der Waals surface area contributed by atoms with E-state index in [0.29, 0.717) is 0 Å². The Bertz CT molecular complexity index is 520. The normalized spacial score (nSPS) is 11.3. The van der Waals surface area contributed by atoms with Crippen molar-refractivity contribution < 1.29 is 4.74 Å². The van der Waals surface area contributed by atoms with Gasteiger partial charge in [0.1, 0.15) is 11.5 Å². The second kappa shape index (κ2) is 6.26. The predicted octanol–water partition coefficient (Wildman–Crippen LogP) is 4.22. The molecule has 0 fully saturated rings. The van der Waals surface area contributed by atoms with Gasteiger partial charge in [-0.1, -0.05) is 18.2 Å². The third kappa shape index (κ3) is 3.14. The molecule has 0 aliphatic rings. The third-order valence-electron chi connectivity index (χ3n) is 2.48. The largest absolute Gasteiger partial charge is 0.457 e. The van der Waals surface area contributed by atoms with Crippen molar-refractivity contribution in [3.05, 3.63) is 60.2 Å². The van der Waals surface area contributed by atoms with Gasteiger partial charge in [-0.05, 0) is 42.7 Å². The standard InChI is InChI=1S/C15H15NOS/c1-16-15(18-2)12-8-10-14(11-9-12)17-13-6-4-3-5-7-13/h3-11H,1-2H3. The third-order valence-corrected chi connectivity index (χ3v) is 3.28. The lowest BCUT2D eigenvalue weighted by atomic mass is 10.2. The van der Waals surface area contributed by atoms with E-state index < -0.39 is 0 Å². The second-order valence-corrected chi connectivity index (χ2v) is 4.47. The number of para-hydroxylation sites is 1. The van der Waals surface area contributed by atoms with Crippen LogP contribution in [-0.2, 0) is 0 Å². The number of hydrogen-bond acceptors (Lipinski definition) is 3. The molecule has 2 rings (SSSR count). The number of ether oxygens (including phenoxy) is 1. The Labute approximate surface area is 112 Å². The topological polar surface area (TPSA) is 21.6 Å². The lowest BCUT2D eigenvalue weighted by molar-refractivity contribution is 0.482. The van der Waals surface area contributed by atoms with Crippen LogP contribution in [0.4, 0.5) is 0 Å². The van der Waals surface area contributed by atoms with E-state index in [0.717, 1.165) is 22.1 Å². The van der Waals surface area contributed by atoms with Crippen LogP contribution in [0, 0.1) is 0 Å². The fourth-order valence-electron chi connectivity index (χ4n) is 1.63. The van der Waals surface area contributed by atoms with Crippen LogP contribution in [0.5, 0.6) is 11.5 Å². The van der Waals surface area contributed by atoms with Gasteiger partial charge in [0.15, 0.2) is 0 Å². The van der Waals surface area contributed by atoms with Crippen LogP contribution in [0.25, 0.3) is 0 Å². The maximum absolute atomic E-state index is 5.73. The van der Waals surface area contributed by atoms with Gasteiger partial charge in [0.05, 0.1) is 5.04 Å². The van der Waals surface area contributed by atoms with E-state index >= 15 is 0 Å². The fourth-order valence-corrected chi connectivity index (χ4v) is 2.18. The van der Waals surface area contributed by atoms with E-state index in [1.54, 1.807) is 18.8 Å². The van der Waals surface area contributed by atoms with Gasteiger partial charge in [-0.3, -0.25) is 4.99 Å². The molecule has 0 atom stereocenters.